The Labute approximate surface area is 325 Å². The number of furan rings is 1. The first-order valence-electron chi connectivity index (χ1n) is 19.0. The van der Waals surface area contributed by atoms with Crippen LogP contribution < -0.4 is 0 Å². The fourth-order valence-electron chi connectivity index (χ4n) is 8.50. The van der Waals surface area contributed by atoms with Crippen molar-refractivity contribution in [3.05, 3.63) is 182 Å². The maximum Gasteiger partial charge on any atom is 0.165 e. The first kappa shape index (κ1) is 31.5. The van der Waals surface area contributed by atoms with Gasteiger partial charge in [0.05, 0.1) is 27.5 Å². The van der Waals surface area contributed by atoms with E-state index in [9.17, 15) is 0 Å². The molecule has 12 aromatic rings. The fraction of sp³-hybridized carbons (Fsp3) is 0. The van der Waals surface area contributed by atoms with Gasteiger partial charge in [0.2, 0.25) is 0 Å². The van der Waals surface area contributed by atoms with Crippen LogP contribution in [-0.2, 0) is 0 Å². The number of hydrogen-bond donors (Lipinski definition) is 0. The summed E-state index contributed by atoms with van der Waals surface area (Å²) in [5.74, 6) is 2.59. The maximum absolute atomic E-state index is 6.67. The van der Waals surface area contributed by atoms with Crippen molar-refractivity contribution in [3.8, 4) is 45.7 Å². The van der Waals surface area contributed by atoms with Gasteiger partial charge in [-0.3, -0.25) is 4.57 Å². The molecule has 0 aliphatic carbocycles. The molecule has 5 heterocycles. The van der Waals surface area contributed by atoms with Gasteiger partial charge in [-0.15, -0.1) is 0 Å². The lowest BCUT2D eigenvalue weighted by Crippen LogP contribution is -2.01. The van der Waals surface area contributed by atoms with Crippen molar-refractivity contribution >= 4 is 65.6 Å². The second kappa shape index (κ2) is 12.3. The van der Waals surface area contributed by atoms with Gasteiger partial charge in [0.1, 0.15) is 17.0 Å². The van der Waals surface area contributed by atoms with Crippen LogP contribution in [0.15, 0.2) is 187 Å². The number of fused-ring (bicyclic) bond motifs is 11. The number of benzene rings is 7. The minimum atomic E-state index is 0.565. The van der Waals surface area contributed by atoms with Crippen molar-refractivity contribution in [1.82, 2.24) is 29.1 Å². The Balaban J connectivity index is 1.09. The third-order valence-electron chi connectivity index (χ3n) is 11.0. The van der Waals surface area contributed by atoms with Crippen LogP contribution in [0.1, 0.15) is 0 Å². The van der Waals surface area contributed by atoms with Gasteiger partial charge in [-0.2, -0.15) is 0 Å². The van der Waals surface area contributed by atoms with E-state index >= 15 is 0 Å². The second-order valence-electron chi connectivity index (χ2n) is 14.3. The Morgan fingerprint density at radius 2 is 0.965 bits per heavy atom. The highest BCUT2D eigenvalue weighted by Crippen LogP contribution is 2.45. The van der Waals surface area contributed by atoms with E-state index in [0.29, 0.717) is 17.5 Å². The Morgan fingerprint density at radius 3 is 1.65 bits per heavy atom. The van der Waals surface area contributed by atoms with Crippen molar-refractivity contribution in [1.29, 1.82) is 0 Å². The minimum Gasteiger partial charge on any atom is -0.455 e. The molecule has 0 saturated carbocycles. The summed E-state index contributed by atoms with van der Waals surface area (Å²) in [4.78, 5) is 19.9. The molecule has 0 amide bonds. The van der Waals surface area contributed by atoms with Crippen molar-refractivity contribution in [2.45, 2.75) is 0 Å². The molecule has 0 radical (unpaired) electrons. The number of rotatable bonds is 5. The third-order valence-corrected chi connectivity index (χ3v) is 11.0. The standard InChI is InChI=1S/C50H30N6O/c1-4-14-31(15-5-1)48-52-49(32-16-6-2-7-17-32)54-50(53-48)33-24-29-43(51-30-33)56-39-22-12-10-21-37(39)44-40(56)28-26-38-45-41(55(46(38)44)34-18-8-3-9-19-34)27-25-36-35-20-11-13-23-42(35)57-47(36)45/h1-30H. The smallest absolute Gasteiger partial charge is 0.165 e. The van der Waals surface area contributed by atoms with Gasteiger partial charge in [0.25, 0.3) is 0 Å². The van der Waals surface area contributed by atoms with Gasteiger partial charge >= 0.3 is 0 Å². The average Bonchev–Trinajstić information content (AvgIpc) is 3.95. The summed E-state index contributed by atoms with van der Waals surface area (Å²) in [6.07, 6.45) is 1.87. The SMILES string of the molecule is c1ccc(-c2nc(-c3ccccc3)nc(-c3ccc(-n4c5ccccc5c5c4ccc4c6c7oc8ccccc8c7ccc6n(-c6ccccc6)c45)nc3)n2)cc1. The van der Waals surface area contributed by atoms with Crippen LogP contribution in [0.25, 0.3) is 111 Å². The quantitative estimate of drug-likeness (QED) is 0.176. The van der Waals surface area contributed by atoms with E-state index in [1.165, 1.54) is 0 Å². The van der Waals surface area contributed by atoms with Crippen LogP contribution in [-0.4, -0.2) is 29.1 Å². The van der Waals surface area contributed by atoms with Crippen LogP contribution in [0.2, 0.25) is 0 Å². The van der Waals surface area contributed by atoms with Gasteiger partial charge in [0, 0.05) is 55.5 Å². The lowest BCUT2D eigenvalue weighted by Gasteiger charge is -2.10. The van der Waals surface area contributed by atoms with Crippen LogP contribution in [0, 0.1) is 0 Å². The molecule has 0 spiro atoms. The summed E-state index contributed by atoms with van der Waals surface area (Å²) in [6, 6.07) is 60.6. The molecule has 0 saturated heterocycles. The largest absolute Gasteiger partial charge is 0.455 e. The molecule has 5 aromatic heterocycles. The highest BCUT2D eigenvalue weighted by molar-refractivity contribution is 6.30. The molecular formula is C50H30N6O. The van der Waals surface area contributed by atoms with E-state index in [-0.39, 0.29) is 0 Å². The molecule has 7 heteroatoms. The van der Waals surface area contributed by atoms with Crippen LogP contribution in [0.3, 0.4) is 0 Å². The first-order valence-corrected chi connectivity index (χ1v) is 19.0. The number of pyridine rings is 1. The monoisotopic (exact) mass is 730 g/mol. The maximum atomic E-state index is 6.67. The molecule has 7 nitrogen and oxygen atoms in total. The van der Waals surface area contributed by atoms with E-state index in [0.717, 1.165) is 93.7 Å². The predicted octanol–water partition coefficient (Wildman–Crippen LogP) is 12.4. The van der Waals surface area contributed by atoms with Gasteiger partial charge in [-0.1, -0.05) is 115 Å². The third kappa shape index (κ3) is 4.79. The molecule has 12 rings (SSSR count). The summed E-state index contributed by atoms with van der Waals surface area (Å²) in [5, 5.41) is 6.76. The Bertz CT molecular complexity index is 3440. The summed E-state index contributed by atoms with van der Waals surface area (Å²) in [7, 11) is 0. The van der Waals surface area contributed by atoms with Crippen LogP contribution >= 0.6 is 0 Å². The van der Waals surface area contributed by atoms with E-state index in [1.54, 1.807) is 0 Å². The van der Waals surface area contributed by atoms with Gasteiger partial charge in [-0.25, -0.2) is 19.9 Å². The van der Waals surface area contributed by atoms with Gasteiger partial charge in [0.15, 0.2) is 17.5 Å². The molecule has 0 aliphatic heterocycles. The molecule has 0 aliphatic rings. The minimum absolute atomic E-state index is 0.565. The molecule has 0 atom stereocenters. The second-order valence-corrected chi connectivity index (χ2v) is 14.3. The molecule has 266 valence electrons. The Morgan fingerprint density at radius 1 is 0.386 bits per heavy atom. The normalized spacial score (nSPS) is 11.9. The summed E-state index contributed by atoms with van der Waals surface area (Å²) in [6.45, 7) is 0. The average molecular weight is 731 g/mol. The van der Waals surface area contributed by atoms with Crippen molar-refractivity contribution in [2.75, 3.05) is 0 Å². The lowest BCUT2D eigenvalue weighted by molar-refractivity contribution is 0.673. The molecule has 0 unspecified atom stereocenters. The van der Waals surface area contributed by atoms with E-state index in [2.05, 4.69) is 112 Å². The summed E-state index contributed by atoms with van der Waals surface area (Å²) < 4.78 is 11.3. The highest BCUT2D eigenvalue weighted by Gasteiger charge is 2.24. The molecule has 0 N–H and O–H groups in total. The Kier molecular flexibility index (Phi) is 6.79. The molecule has 7 aromatic carbocycles. The zero-order chi connectivity index (χ0) is 37.5. The van der Waals surface area contributed by atoms with Crippen LogP contribution in [0.5, 0.6) is 0 Å². The van der Waals surface area contributed by atoms with Crippen molar-refractivity contribution < 1.29 is 4.42 Å². The number of nitrogens with zero attached hydrogens (tertiary/aromatic N) is 6. The number of para-hydroxylation sites is 3. The number of aromatic nitrogens is 6. The zero-order valence-corrected chi connectivity index (χ0v) is 30.4. The highest BCUT2D eigenvalue weighted by atomic mass is 16.3. The van der Waals surface area contributed by atoms with Gasteiger partial charge < -0.3 is 8.98 Å². The molecule has 0 fully saturated rings. The molecular weight excluding hydrogens is 701 g/mol. The summed E-state index contributed by atoms with van der Waals surface area (Å²) in [5.41, 5.74) is 9.87. The van der Waals surface area contributed by atoms with E-state index in [1.807, 2.05) is 79.0 Å². The van der Waals surface area contributed by atoms with E-state index in [4.69, 9.17) is 24.4 Å². The molecule has 57 heavy (non-hydrogen) atoms. The molecule has 0 bridgehead atoms. The predicted molar refractivity (Wildman–Crippen MR) is 230 cm³/mol. The topological polar surface area (TPSA) is 74.6 Å². The van der Waals surface area contributed by atoms with E-state index < -0.39 is 0 Å². The van der Waals surface area contributed by atoms with Crippen molar-refractivity contribution in [3.63, 3.8) is 0 Å². The van der Waals surface area contributed by atoms with Crippen LogP contribution in [0.4, 0.5) is 0 Å². The first-order chi connectivity index (χ1) is 28.3. The van der Waals surface area contributed by atoms with Gasteiger partial charge in [-0.05, 0) is 60.7 Å². The Hall–Kier alpha value is -7.90. The number of hydrogen-bond acceptors (Lipinski definition) is 5. The zero-order valence-electron chi connectivity index (χ0n) is 30.4. The van der Waals surface area contributed by atoms with Crippen molar-refractivity contribution in [2.24, 2.45) is 0 Å². The fourth-order valence-corrected chi connectivity index (χ4v) is 8.50. The summed E-state index contributed by atoms with van der Waals surface area (Å²) >= 11 is 0. The lowest BCUT2D eigenvalue weighted by atomic mass is 10.1.